The number of hydrogen-bond acceptors (Lipinski definition) is 3. The van der Waals surface area contributed by atoms with Crippen LogP contribution in [-0.2, 0) is 5.41 Å². The molecule has 0 unspecified atom stereocenters. The highest BCUT2D eigenvalue weighted by Crippen LogP contribution is 2.42. The molecule has 1 aliphatic carbocycles. The molecule has 3 rings (SSSR count). The summed E-state index contributed by atoms with van der Waals surface area (Å²) in [6.07, 6.45) is 4.89. The van der Waals surface area contributed by atoms with E-state index in [-0.39, 0.29) is 11.3 Å². The van der Waals surface area contributed by atoms with E-state index in [2.05, 4.69) is 38.8 Å². The Balaban J connectivity index is 1.71. The van der Waals surface area contributed by atoms with E-state index < -0.39 is 0 Å². The van der Waals surface area contributed by atoms with Crippen LogP contribution >= 0.6 is 38.6 Å². The van der Waals surface area contributed by atoms with Crippen molar-refractivity contribution >= 4 is 44.5 Å². The Morgan fingerprint density at radius 2 is 2.15 bits per heavy atom. The standard InChI is InChI=1S/C15H16BrNOS2/c16-11-8-12(20-9-11)14(18)17-10-15(5-1-2-6-15)13-4-3-7-19-13/h3-4,7-9H,1-2,5-6,10H2,(H,17,18). The molecule has 0 atom stereocenters. The summed E-state index contributed by atoms with van der Waals surface area (Å²) in [6.45, 7) is 0.752. The number of rotatable bonds is 4. The second-order valence-corrected chi connectivity index (χ2v) is 8.05. The summed E-state index contributed by atoms with van der Waals surface area (Å²) in [5, 5.41) is 7.22. The molecule has 2 nitrogen and oxygen atoms in total. The van der Waals surface area contributed by atoms with Crippen molar-refractivity contribution in [3.63, 3.8) is 0 Å². The van der Waals surface area contributed by atoms with Crippen LogP contribution in [0.3, 0.4) is 0 Å². The minimum atomic E-state index is 0.0449. The van der Waals surface area contributed by atoms with Gasteiger partial charge in [0.2, 0.25) is 0 Å². The van der Waals surface area contributed by atoms with Gasteiger partial charge in [-0.15, -0.1) is 22.7 Å². The normalized spacial score (nSPS) is 17.2. The van der Waals surface area contributed by atoms with Crippen molar-refractivity contribution in [3.05, 3.63) is 43.2 Å². The van der Waals surface area contributed by atoms with Gasteiger partial charge in [0.25, 0.3) is 5.91 Å². The van der Waals surface area contributed by atoms with E-state index in [0.29, 0.717) is 0 Å². The van der Waals surface area contributed by atoms with Gasteiger partial charge < -0.3 is 5.32 Å². The molecule has 0 saturated heterocycles. The number of carbonyl (C=O) groups is 1. The Bertz CT molecular complexity index is 585. The van der Waals surface area contributed by atoms with Crippen LogP contribution in [0.1, 0.15) is 40.2 Å². The molecule has 2 aromatic heterocycles. The van der Waals surface area contributed by atoms with E-state index in [4.69, 9.17) is 0 Å². The molecule has 0 bridgehead atoms. The molecule has 1 amide bonds. The fraction of sp³-hybridized carbons (Fsp3) is 0.400. The Kier molecular flexibility index (Phi) is 4.29. The first-order valence-electron chi connectivity index (χ1n) is 6.76. The highest BCUT2D eigenvalue weighted by atomic mass is 79.9. The zero-order valence-corrected chi connectivity index (χ0v) is 14.2. The first-order valence-corrected chi connectivity index (χ1v) is 9.31. The maximum Gasteiger partial charge on any atom is 0.261 e. The molecular weight excluding hydrogens is 354 g/mol. The number of halogens is 1. The minimum absolute atomic E-state index is 0.0449. The predicted octanol–water partition coefficient (Wildman–Crippen LogP) is 4.81. The lowest BCUT2D eigenvalue weighted by molar-refractivity contribution is 0.0947. The molecule has 0 aromatic carbocycles. The van der Waals surface area contributed by atoms with Gasteiger partial charge in [0.15, 0.2) is 0 Å². The lowest BCUT2D eigenvalue weighted by Crippen LogP contribution is -2.38. The highest BCUT2D eigenvalue weighted by Gasteiger charge is 2.36. The van der Waals surface area contributed by atoms with Gasteiger partial charge in [-0.2, -0.15) is 0 Å². The van der Waals surface area contributed by atoms with Crippen LogP contribution in [-0.4, -0.2) is 12.5 Å². The summed E-state index contributed by atoms with van der Waals surface area (Å²) in [6, 6.07) is 6.20. The highest BCUT2D eigenvalue weighted by molar-refractivity contribution is 9.10. The third kappa shape index (κ3) is 2.85. The average molecular weight is 370 g/mol. The van der Waals surface area contributed by atoms with Crippen molar-refractivity contribution in [1.29, 1.82) is 0 Å². The Labute approximate surface area is 135 Å². The van der Waals surface area contributed by atoms with Crippen molar-refractivity contribution in [3.8, 4) is 0 Å². The maximum atomic E-state index is 12.2. The summed E-state index contributed by atoms with van der Waals surface area (Å²) in [5.74, 6) is 0.0449. The van der Waals surface area contributed by atoms with Crippen molar-refractivity contribution in [1.82, 2.24) is 5.32 Å². The van der Waals surface area contributed by atoms with Crippen LogP contribution in [0.4, 0.5) is 0 Å². The topological polar surface area (TPSA) is 29.1 Å². The Morgan fingerprint density at radius 3 is 2.75 bits per heavy atom. The van der Waals surface area contributed by atoms with Gasteiger partial charge in [-0.1, -0.05) is 18.9 Å². The zero-order valence-electron chi connectivity index (χ0n) is 11.0. The summed E-state index contributed by atoms with van der Waals surface area (Å²) in [7, 11) is 0. The van der Waals surface area contributed by atoms with Gasteiger partial charge in [0.05, 0.1) is 4.88 Å². The first kappa shape index (κ1) is 14.3. The maximum absolute atomic E-state index is 12.2. The third-order valence-corrected chi connectivity index (χ3v) is 6.79. The summed E-state index contributed by atoms with van der Waals surface area (Å²) < 4.78 is 0.974. The fourth-order valence-corrected chi connectivity index (χ4v) is 5.24. The quantitative estimate of drug-likeness (QED) is 0.822. The van der Waals surface area contributed by atoms with Crippen LogP contribution in [0.15, 0.2) is 33.4 Å². The molecule has 1 aliphatic rings. The second-order valence-electron chi connectivity index (χ2n) is 5.28. The molecule has 0 aliphatic heterocycles. The van der Waals surface area contributed by atoms with Gasteiger partial charge in [-0.3, -0.25) is 4.79 Å². The number of carbonyl (C=O) groups excluding carboxylic acids is 1. The number of amides is 1. The Hall–Kier alpha value is -0.650. The van der Waals surface area contributed by atoms with Gasteiger partial charge in [-0.25, -0.2) is 0 Å². The molecule has 1 fully saturated rings. The van der Waals surface area contributed by atoms with Crippen molar-refractivity contribution in [2.75, 3.05) is 6.54 Å². The van der Waals surface area contributed by atoms with Crippen LogP contribution in [0, 0.1) is 0 Å². The lowest BCUT2D eigenvalue weighted by Gasteiger charge is -2.28. The van der Waals surface area contributed by atoms with Crippen LogP contribution < -0.4 is 5.32 Å². The molecule has 0 radical (unpaired) electrons. The van der Waals surface area contributed by atoms with Crippen molar-refractivity contribution in [2.45, 2.75) is 31.1 Å². The average Bonchev–Trinajstić information content (AvgIpc) is 3.17. The molecule has 0 spiro atoms. The van der Waals surface area contributed by atoms with E-state index in [9.17, 15) is 4.79 Å². The molecule has 2 aromatic rings. The van der Waals surface area contributed by atoms with Gasteiger partial charge in [-0.05, 0) is 46.3 Å². The minimum Gasteiger partial charge on any atom is -0.350 e. The number of thiophene rings is 2. The van der Waals surface area contributed by atoms with E-state index in [1.54, 1.807) is 0 Å². The molecule has 1 N–H and O–H groups in total. The number of hydrogen-bond donors (Lipinski definition) is 1. The van der Waals surface area contributed by atoms with Crippen LogP contribution in [0.5, 0.6) is 0 Å². The fourth-order valence-electron chi connectivity index (χ4n) is 2.91. The largest absolute Gasteiger partial charge is 0.350 e. The number of nitrogens with one attached hydrogen (secondary N) is 1. The lowest BCUT2D eigenvalue weighted by atomic mass is 9.84. The van der Waals surface area contributed by atoms with Gasteiger partial charge in [0, 0.05) is 26.7 Å². The monoisotopic (exact) mass is 369 g/mol. The van der Waals surface area contributed by atoms with Crippen molar-refractivity contribution in [2.24, 2.45) is 0 Å². The molecule has 2 heterocycles. The van der Waals surface area contributed by atoms with Crippen LogP contribution in [0.2, 0.25) is 0 Å². The second kappa shape index (κ2) is 6.00. The third-order valence-electron chi connectivity index (χ3n) is 3.98. The SMILES string of the molecule is O=C(NCC1(c2cccs2)CCCC1)c1cc(Br)cs1. The Morgan fingerprint density at radius 1 is 1.35 bits per heavy atom. The molecule has 106 valence electrons. The predicted molar refractivity (Wildman–Crippen MR) is 88.8 cm³/mol. The van der Waals surface area contributed by atoms with Gasteiger partial charge in [0.1, 0.15) is 0 Å². The van der Waals surface area contributed by atoms with Crippen LogP contribution in [0.25, 0.3) is 0 Å². The van der Waals surface area contributed by atoms with E-state index >= 15 is 0 Å². The summed E-state index contributed by atoms with van der Waals surface area (Å²) in [4.78, 5) is 14.4. The zero-order chi connectivity index (χ0) is 14.0. The smallest absolute Gasteiger partial charge is 0.261 e. The summed E-state index contributed by atoms with van der Waals surface area (Å²) >= 11 is 6.69. The summed E-state index contributed by atoms with van der Waals surface area (Å²) in [5.41, 5.74) is 0.165. The van der Waals surface area contributed by atoms with E-state index in [1.807, 2.05) is 22.8 Å². The molecule has 1 saturated carbocycles. The molecule has 5 heteroatoms. The first-order chi connectivity index (χ1) is 9.70. The molecular formula is C15H16BrNOS2. The van der Waals surface area contributed by atoms with E-state index in [1.165, 1.54) is 41.9 Å². The molecule has 20 heavy (non-hydrogen) atoms. The van der Waals surface area contributed by atoms with Crippen molar-refractivity contribution < 1.29 is 4.79 Å². The van der Waals surface area contributed by atoms with E-state index in [0.717, 1.165) is 15.9 Å². The van der Waals surface area contributed by atoms with Gasteiger partial charge >= 0.3 is 0 Å².